The van der Waals surface area contributed by atoms with Crippen LogP contribution < -0.4 is 5.73 Å². The van der Waals surface area contributed by atoms with Crippen molar-refractivity contribution in [3.63, 3.8) is 0 Å². The Kier molecular flexibility index (Phi) is 7.59. The lowest BCUT2D eigenvalue weighted by atomic mass is 9.87. The first-order chi connectivity index (χ1) is 8.26. The van der Waals surface area contributed by atoms with E-state index < -0.39 is 0 Å². The average molecular weight is 237 g/mol. The second-order valence-corrected chi connectivity index (χ2v) is 5.72. The van der Waals surface area contributed by atoms with Gasteiger partial charge in [-0.25, -0.2) is 0 Å². The smallest absolute Gasteiger partial charge is 0.00787 e. The van der Waals surface area contributed by atoms with E-state index in [4.69, 9.17) is 5.73 Å². The van der Waals surface area contributed by atoms with E-state index in [2.05, 4.69) is 19.9 Å². The third-order valence-corrected chi connectivity index (χ3v) is 4.09. The summed E-state index contributed by atoms with van der Waals surface area (Å²) in [5.74, 6) is 0.856. The van der Waals surface area contributed by atoms with Crippen LogP contribution in [0.2, 0.25) is 0 Å². The van der Waals surface area contributed by atoms with E-state index in [0.29, 0.717) is 6.04 Å². The number of hydrogen-bond acceptors (Lipinski definition) is 1. The van der Waals surface area contributed by atoms with Crippen molar-refractivity contribution in [1.82, 2.24) is 0 Å². The van der Waals surface area contributed by atoms with Crippen LogP contribution in [0.1, 0.15) is 78.1 Å². The van der Waals surface area contributed by atoms with Crippen molar-refractivity contribution >= 4 is 0 Å². The van der Waals surface area contributed by atoms with Gasteiger partial charge in [0.15, 0.2) is 0 Å². The van der Waals surface area contributed by atoms with Gasteiger partial charge in [-0.3, -0.25) is 0 Å². The van der Waals surface area contributed by atoms with Gasteiger partial charge in [0.2, 0.25) is 0 Å². The lowest BCUT2D eigenvalue weighted by Crippen LogP contribution is -2.24. The average Bonchev–Trinajstić information content (AvgIpc) is 2.35. The van der Waals surface area contributed by atoms with Crippen LogP contribution in [-0.2, 0) is 0 Å². The molecule has 1 aliphatic rings. The molecule has 1 heteroatoms. The number of rotatable bonds is 8. The SMILES string of the molecule is CCCCC(CC)CC(N)CC1=CCCCC1. The summed E-state index contributed by atoms with van der Waals surface area (Å²) in [6.07, 6.45) is 15.5. The molecule has 0 bridgehead atoms. The molecule has 0 saturated heterocycles. The van der Waals surface area contributed by atoms with Crippen LogP contribution >= 0.6 is 0 Å². The topological polar surface area (TPSA) is 26.0 Å². The summed E-state index contributed by atoms with van der Waals surface area (Å²) in [4.78, 5) is 0. The molecule has 2 unspecified atom stereocenters. The third kappa shape index (κ3) is 6.26. The Labute approximate surface area is 108 Å². The van der Waals surface area contributed by atoms with Gasteiger partial charge >= 0.3 is 0 Å². The maximum Gasteiger partial charge on any atom is 0.00787 e. The van der Waals surface area contributed by atoms with Crippen LogP contribution in [-0.4, -0.2) is 6.04 Å². The van der Waals surface area contributed by atoms with Gasteiger partial charge < -0.3 is 5.73 Å². The fourth-order valence-electron chi connectivity index (χ4n) is 2.92. The number of unbranched alkanes of at least 4 members (excludes halogenated alkanes) is 1. The molecule has 0 spiro atoms. The largest absolute Gasteiger partial charge is 0.327 e. The fourth-order valence-corrected chi connectivity index (χ4v) is 2.92. The van der Waals surface area contributed by atoms with Crippen molar-refractivity contribution in [1.29, 1.82) is 0 Å². The number of nitrogens with two attached hydrogens (primary N) is 1. The molecule has 0 aliphatic heterocycles. The zero-order valence-corrected chi connectivity index (χ0v) is 11.9. The highest BCUT2D eigenvalue weighted by Crippen LogP contribution is 2.24. The lowest BCUT2D eigenvalue weighted by molar-refractivity contribution is 0.380. The van der Waals surface area contributed by atoms with Crippen molar-refractivity contribution in [3.8, 4) is 0 Å². The van der Waals surface area contributed by atoms with Gasteiger partial charge in [-0.05, 0) is 44.4 Å². The monoisotopic (exact) mass is 237 g/mol. The summed E-state index contributed by atoms with van der Waals surface area (Å²) in [5.41, 5.74) is 7.95. The van der Waals surface area contributed by atoms with Gasteiger partial charge in [0.05, 0.1) is 0 Å². The summed E-state index contributed by atoms with van der Waals surface area (Å²) < 4.78 is 0. The molecule has 0 fully saturated rings. The minimum absolute atomic E-state index is 0.404. The molecule has 0 aromatic heterocycles. The van der Waals surface area contributed by atoms with Gasteiger partial charge in [-0.1, -0.05) is 51.2 Å². The molecule has 100 valence electrons. The van der Waals surface area contributed by atoms with Crippen LogP contribution in [0.15, 0.2) is 11.6 Å². The Hall–Kier alpha value is -0.300. The highest BCUT2D eigenvalue weighted by atomic mass is 14.6. The molecule has 0 heterocycles. The predicted molar refractivity (Wildman–Crippen MR) is 77.1 cm³/mol. The van der Waals surface area contributed by atoms with Gasteiger partial charge in [0.25, 0.3) is 0 Å². The Balaban J connectivity index is 2.26. The van der Waals surface area contributed by atoms with Crippen LogP contribution in [0.4, 0.5) is 0 Å². The highest BCUT2D eigenvalue weighted by Gasteiger charge is 2.14. The molecular weight excluding hydrogens is 206 g/mol. The fraction of sp³-hybridized carbons (Fsp3) is 0.875. The van der Waals surface area contributed by atoms with Gasteiger partial charge in [0.1, 0.15) is 0 Å². The molecular formula is C16H31N. The van der Waals surface area contributed by atoms with E-state index in [9.17, 15) is 0 Å². The molecule has 17 heavy (non-hydrogen) atoms. The van der Waals surface area contributed by atoms with E-state index in [0.717, 1.165) is 12.3 Å². The predicted octanol–water partition coefficient (Wildman–Crippen LogP) is 4.81. The molecule has 0 saturated carbocycles. The normalized spacial score (nSPS) is 19.8. The molecule has 1 nitrogen and oxygen atoms in total. The van der Waals surface area contributed by atoms with Crippen LogP contribution in [0, 0.1) is 5.92 Å². The first-order valence-corrected chi connectivity index (χ1v) is 7.69. The molecule has 0 aromatic rings. The van der Waals surface area contributed by atoms with Gasteiger partial charge in [-0.2, -0.15) is 0 Å². The molecule has 2 atom stereocenters. The summed E-state index contributed by atoms with van der Waals surface area (Å²) in [5, 5.41) is 0. The first-order valence-electron chi connectivity index (χ1n) is 7.69. The maximum absolute atomic E-state index is 6.31. The first kappa shape index (κ1) is 14.8. The van der Waals surface area contributed by atoms with Crippen LogP contribution in [0.25, 0.3) is 0 Å². The Bertz CT molecular complexity index is 220. The maximum atomic E-state index is 6.31. The van der Waals surface area contributed by atoms with Gasteiger partial charge in [0, 0.05) is 6.04 Å². The summed E-state index contributed by atoms with van der Waals surface area (Å²) in [7, 11) is 0. The zero-order chi connectivity index (χ0) is 12.5. The highest BCUT2D eigenvalue weighted by molar-refractivity contribution is 5.06. The summed E-state index contributed by atoms with van der Waals surface area (Å²) >= 11 is 0. The van der Waals surface area contributed by atoms with Crippen LogP contribution in [0.3, 0.4) is 0 Å². The Morgan fingerprint density at radius 1 is 1.29 bits per heavy atom. The molecule has 0 aromatic carbocycles. The van der Waals surface area contributed by atoms with Crippen molar-refractivity contribution < 1.29 is 0 Å². The molecule has 1 aliphatic carbocycles. The minimum atomic E-state index is 0.404. The van der Waals surface area contributed by atoms with E-state index in [1.165, 1.54) is 57.8 Å². The number of allylic oxidation sites excluding steroid dienone is 1. The number of hydrogen-bond donors (Lipinski definition) is 1. The second kappa shape index (κ2) is 8.74. The van der Waals surface area contributed by atoms with Crippen LogP contribution in [0.5, 0.6) is 0 Å². The zero-order valence-electron chi connectivity index (χ0n) is 11.9. The van der Waals surface area contributed by atoms with E-state index in [1.54, 1.807) is 5.57 Å². The molecule has 0 radical (unpaired) electrons. The quantitative estimate of drug-likeness (QED) is 0.602. The standard InChI is InChI=1S/C16H31N/c1-3-5-9-14(4-2)12-16(17)13-15-10-7-6-8-11-15/h10,14,16H,3-9,11-13,17H2,1-2H3. The van der Waals surface area contributed by atoms with Crippen molar-refractivity contribution in [2.45, 2.75) is 84.1 Å². The third-order valence-electron chi connectivity index (χ3n) is 4.09. The Morgan fingerprint density at radius 3 is 2.71 bits per heavy atom. The molecule has 2 N–H and O–H groups in total. The molecule has 0 amide bonds. The lowest BCUT2D eigenvalue weighted by Gasteiger charge is -2.22. The van der Waals surface area contributed by atoms with E-state index in [-0.39, 0.29) is 0 Å². The van der Waals surface area contributed by atoms with Crippen molar-refractivity contribution in [3.05, 3.63) is 11.6 Å². The Morgan fingerprint density at radius 2 is 2.12 bits per heavy atom. The minimum Gasteiger partial charge on any atom is -0.327 e. The van der Waals surface area contributed by atoms with E-state index in [1.807, 2.05) is 0 Å². The summed E-state index contributed by atoms with van der Waals surface area (Å²) in [6, 6.07) is 0.404. The van der Waals surface area contributed by atoms with Crippen molar-refractivity contribution in [2.24, 2.45) is 11.7 Å². The second-order valence-electron chi connectivity index (χ2n) is 5.72. The van der Waals surface area contributed by atoms with Crippen molar-refractivity contribution in [2.75, 3.05) is 0 Å². The van der Waals surface area contributed by atoms with Gasteiger partial charge in [-0.15, -0.1) is 0 Å². The molecule has 1 rings (SSSR count). The summed E-state index contributed by atoms with van der Waals surface area (Å²) in [6.45, 7) is 4.59. The van der Waals surface area contributed by atoms with E-state index >= 15 is 0 Å².